The lowest BCUT2D eigenvalue weighted by atomic mass is 10.1. The third kappa shape index (κ3) is 3.62. The second kappa shape index (κ2) is 7.76. The summed E-state index contributed by atoms with van der Waals surface area (Å²) < 4.78 is 27.8. The number of hydrogen-bond donors (Lipinski definition) is 0. The van der Waals surface area contributed by atoms with E-state index in [1.54, 1.807) is 16.4 Å². The minimum atomic E-state index is -3.49. The Kier molecular flexibility index (Phi) is 5.63. The Hall–Kier alpha value is -1.92. The molecule has 1 saturated heterocycles. The lowest BCUT2D eigenvalue weighted by molar-refractivity contribution is 0.396. The van der Waals surface area contributed by atoms with Gasteiger partial charge in [0.25, 0.3) is 0 Å². The number of sulfonamides is 1. The van der Waals surface area contributed by atoms with Crippen molar-refractivity contribution in [3.63, 3.8) is 0 Å². The molecule has 2 aromatic rings. The Bertz CT molecular complexity index is 828. The number of rotatable bonds is 6. The van der Waals surface area contributed by atoms with E-state index < -0.39 is 10.0 Å². The molecule has 26 heavy (non-hydrogen) atoms. The smallest absolute Gasteiger partial charge is 0.243 e. The van der Waals surface area contributed by atoms with Crippen molar-refractivity contribution in [2.75, 3.05) is 24.5 Å². The van der Waals surface area contributed by atoms with Crippen molar-refractivity contribution in [1.29, 1.82) is 0 Å². The number of anilines is 1. The number of hydrogen-bond acceptors (Lipinski definition) is 4. The summed E-state index contributed by atoms with van der Waals surface area (Å²) in [5.41, 5.74) is 2.02. The first-order valence-corrected chi connectivity index (χ1v) is 10.7. The van der Waals surface area contributed by atoms with Gasteiger partial charge in [0.2, 0.25) is 10.0 Å². The minimum Gasteiger partial charge on any atom is -0.357 e. The summed E-state index contributed by atoms with van der Waals surface area (Å²) in [6.45, 7) is 8.52. The molecule has 6 heteroatoms. The predicted molar refractivity (Wildman–Crippen MR) is 105 cm³/mol. The minimum absolute atomic E-state index is 0.139. The Labute approximate surface area is 156 Å². The average Bonchev–Trinajstić information content (AvgIpc) is 3.14. The van der Waals surface area contributed by atoms with Crippen LogP contribution in [0, 0.1) is 6.92 Å². The zero-order valence-corrected chi connectivity index (χ0v) is 16.5. The van der Waals surface area contributed by atoms with E-state index in [4.69, 9.17) is 0 Å². The molecular formula is C20H27N3O2S. The summed E-state index contributed by atoms with van der Waals surface area (Å²) in [6, 6.07) is 11.0. The fraction of sp³-hybridized carbons (Fsp3) is 0.450. The van der Waals surface area contributed by atoms with Crippen LogP contribution in [0.1, 0.15) is 43.9 Å². The van der Waals surface area contributed by atoms with E-state index >= 15 is 0 Å². The second-order valence-corrected chi connectivity index (χ2v) is 8.60. The zero-order chi connectivity index (χ0) is 18.7. The van der Waals surface area contributed by atoms with Gasteiger partial charge in [-0.3, -0.25) is 0 Å². The largest absolute Gasteiger partial charge is 0.357 e. The van der Waals surface area contributed by atoms with Crippen LogP contribution >= 0.6 is 0 Å². The van der Waals surface area contributed by atoms with Gasteiger partial charge < -0.3 is 4.90 Å². The third-order valence-corrected chi connectivity index (χ3v) is 7.00. The van der Waals surface area contributed by atoms with Gasteiger partial charge in [-0.15, -0.1) is 0 Å². The van der Waals surface area contributed by atoms with Crippen molar-refractivity contribution in [2.45, 2.75) is 44.6 Å². The Morgan fingerprint density at radius 3 is 2.38 bits per heavy atom. The molecule has 140 valence electrons. The highest BCUT2D eigenvalue weighted by molar-refractivity contribution is 7.89. The highest BCUT2D eigenvalue weighted by Crippen LogP contribution is 2.36. The van der Waals surface area contributed by atoms with Gasteiger partial charge in [0.15, 0.2) is 0 Å². The molecule has 5 nitrogen and oxygen atoms in total. The van der Waals surface area contributed by atoms with Gasteiger partial charge >= 0.3 is 0 Å². The van der Waals surface area contributed by atoms with Gasteiger partial charge in [0.1, 0.15) is 5.82 Å². The molecule has 0 aliphatic carbocycles. The maximum atomic E-state index is 13.1. The molecule has 1 fully saturated rings. The Balaban J connectivity index is 1.87. The summed E-state index contributed by atoms with van der Waals surface area (Å²) >= 11 is 0. The molecule has 1 unspecified atom stereocenters. The molecule has 1 aromatic carbocycles. The monoisotopic (exact) mass is 373 g/mol. The van der Waals surface area contributed by atoms with E-state index in [0.29, 0.717) is 11.4 Å². The van der Waals surface area contributed by atoms with E-state index in [-0.39, 0.29) is 6.04 Å². The molecule has 2 heterocycles. The van der Waals surface area contributed by atoms with Gasteiger partial charge in [-0.2, -0.15) is 4.31 Å². The fourth-order valence-electron chi connectivity index (χ4n) is 3.54. The highest BCUT2D eigenvalue weighted by atomic mass is 32.2. The number of pyridine rings is 1. The van der Waals surface area contributed by atoms with Crippen LogP contribution in [0.3, 0.4) is 0 Å². The molecule has 3 rings (SSSR count). The Morgan fingerprint density at radius 2 is 1.81 bits per heavy atom. The van der Waals surface area contributed by atoms with E-state index in [2.05, 4.69) is 23.7 Å². The predicted octanol–water partition coefficient (Wildman–Crippen LogP) is 3.76. The third-order valence-electron chi connectivity index (χ3n) is 5.07. The number of nitrogens with zero attached hydrogens (tertiary/aromatic N) is 3. The van der Waals surface area contributed by atoms with Crippen LogP contribution in [0.25, 0.3) is 0 Å². The maximum Gasteiger partial charge on any atom is 0.243 e. The highest BCUT2D eigenvalue weighted by Gasteiger charge is 2.36. The topological polar surface area (TPSA) is 53.5 Å². The number of aryl methyl sites for hydroxylation is 1. The zero-order valence-electron chi connectivity index (χ0n) is 15.7. The summed E-state index contributed by atoms with van der Waals surface area (Å²) in [5, 5.41) is 0. The normalized spacial score (nSPS) is 18.2. The molecule has 0 bridgehead atoms. The van der Waals surface area contributed by atoms with Crippen molar-refractivity contribution in [2.24, 2.45) is 0 Å². The molecule has 0 saturated carbocycles. The van der Waals surface area contributed by atoms with Crippen LogP contribution in [0.2, 0.25) is 0 Å². The van der Waals surface area contributed by atoms with Crippen molar-refractivity contribution < 1.29 is 8.42 Å². The van der Waals surface area contributed by atoms with Crippen LogP contribution in [-0.4, -0.2) is 37.3 Å². The Morgan fingerprint density at radius 1 is 1.12 bits per heavy atom. The standard InChI is InChI=1S/C20H27N3O2S/c1-4-22(5-2)20-13-10-17(15-21-20)19-7-6-14-23(19)26(24,25)18-11-8-16(3)9-12-18/h8-13,15,19H,4-7,14H2,1-3H3. The summed E-state index contributed by atoms with van der Waals surface area (Å²) in [4.78, 5) is 7.11. The average molecular weight is 374 g/mol. The molecular weight excluding hydrogens is 346 g/mol. The first-order valence-electron chi connectivity index (χ1n) is 9.26. The van der Waals surface area contributed by atoms with Crippen molar-refractivity contribution in [3.05, 3.63) is 53.7 Å². The maximum absolute atomic E-state index is 13.1. The van der Waals surface area contributed by atoms with Crippen LogP contribution in [0.4, 0.5) is 5.82 Å². The number of benzene rings is 1. The molecule has 1 aromatic heterocycles. The van der Waals surface area contributed by atoms with Crippen molar-refractivity contribution in [1.82, 2.24) is 9.29 Å². The number of aromatic nitrogens is 1. The van der Waals surface area contributed by atoms with E-state index in [1.807, 2.05) is 37.4 Å². The van der Waals surface area contributed by atoms with E-state index in [1.165, 1.54) is 0 Å². The van der Waals surface area contributed by atoms with Crippen LogP contribution in [0.15, 0.2) is 47.5 Å². The quantitative estimate of drug-likeness (QED) is 0.774. The van der Waals surface area contributed by atoms with Gasteiger partial charge in [0.05, 0.1) is 10.9 Å². The van der Waals surface area contributed by atoms with Crippen molar-refractivity contribution >= 4 is 15.8 Å². The van der Waals surface area contributed by atoms with Gasteiger partial charge in [-0.05, 0) is 57.4 Å². The van der Waals surface area contributed by atoms with Gasteiger partial charge in [0, 0.05) is 25.8 Å². The van der Waals surface area contributed by atoms with E-state index in [9.17, 15) is 8.42 Å². The summed E-state index contributed by atoms with van der Waals surface area (Å²) in [7, 11) is -3.49. The van der Waals surface area contributed by atoms with Crippen molar-refractivity contribution in [3.8, 4) is 0 Å². The summed E-state index contributed by atoms with van der Waals surface area (Å²) in [6.07, 6.45) is 3.53. The van der Waals surface area contributed by atoms with Crippen LogP contribution < -0.4 is 4.90 Å². The molecule has 0 spiro atoms. The lowest BCUT2D eigenvalue weighted by Gasteiger charge is -2.25. The SMILES string of the molecule is CCN(CC)c1ccc(C2CCCN2S(=O)(=O)c2ccc(C)cc2)cn1. The molecule has 1 aliphatic heterocycles. The van der Waals surface area contributed by atoms with Crippen LogP contribution in [0.5, 0.6) is 0 Å². The lowest BCUT2D eigenvalue weighted by Crippen LogP contribution is -2.31. The van der Waals surface area contributed by atoms with E-state index in [0.717, 1.165) is 42.9 Å². The fourth-order valence-corrected chi connectivity index (χ4v) is 5.22. The first-order chi connectivity index (χ1) is 12.5. The second-order valence-electron chi connectivity index (χ2n) is 6.71. The molecule has 0 radical (unpaired) electrons. The molecule has 1 aliphatic rings. The van der Waals surface area contributed by atoms with Crippen LogP contribution in [-0.2, 0) is 10.0 Å². The molecule has 0 N–H and O–H groups in total. The van der Waals surface area contributed by atoms with Gasteiger partial charge in [-0.1, -0.05) is 23.8 Å². The molecule has 1 atom stereocenters. The first kappa shape index (κ1) is 18.9. The van der Waals surface area contributed by atoms with Gasteiger partial charge in [-0.25, -0.2) is 13.4 Å². The summed E-state index contributed by atoms with van der Waals surface area (Å²) in [5.74, 6) is 0.935. The molecule has 0 amide bonds.